The monoisotopic (exact) mass is 187 g/mol. The Morgan fingerprint density at radius 2 is 2.00 bits per heavy atom. The van der Waals surface area contributed by atoms with Gasteiger partial charge < -0.3 is 10.5 Å². The Morgan fingerprint density at radius 3 is 2.46 bits per heavy atom. The first-order chi connectivity index (χ1) is 6.22. The fourth-order valence-electron chi connectivity index (χ4n) is 1.16. The normalized spacial score (nSPS) is 12.8. The van der Waals surface area contributed by atoms with Crippen LogP contribution in [0.15, 0.2) is 0 Å². The molecule has 0 saturated carbocycles. The minimum Gasteiger partial charge on any atom is -0.368 e. The molecular formula is C10H21NO2. The van der Waals surface area contributed by atoms with Gasteiger partial charge in [-0.25, -0.2) is 0 Å². The SMILES string of the molecule is CCCCCCOC(CC)C(N)=O. The van der Waals surface area contributed by atoms with Gasteiger partial charge in [-0.15, -0.1) is 0 Å². The summed E-state index contributed by atoms with van der Waals surface area (Å²) in [6.07, 6.45) is 4.93. The maximum atomic E-state index is 10.7. The van der Waals surface area contributed by atoms with Crippen LogP contribution in [-0.2, 0) is 9.53 Å². The zero-order chi connectivity index (χ0) is 10.1. The summed E-state index contributed by atoms with van der Waals surface area (Å²) in [5.41, 5.74) is 5.12. The maximum absolute atomic E-state index is 10.7. The average Bonchev–Trinajstić information content (AvgIpc) is 2.10. The summed E-state index contributed by atoms with van der Waals surface area (Å²) in [6, 6.07) is 0. The lowest BCUT2D eigenvalue weighted by Crippen LogP contribution is -2.30. The number of carbonyl (C=O) groups excluding carboxylic acids is 1. The predicted molar refractivity (Wildman–Crippen MR) is 53.4 cm³/mol. The zero-order valence-corrected chi connectivity index (χ0v) is 8.71. The van der Waals surface area contributed by atoms with Crippen molar-refractivity contribution in [1.29, 1.82) is 0 Å². The Balaban J connectivity index is 3.33. The van der Waals surface area contributed by atoms with Crippen LogP contribution in [0.5, 0.6) is 0 Å². The van der Waals surface area contributed by atoms with E-state index in [0.29, 0.717) is 13.0 Å². The van der Waals surface area contributed by atoms with E-state index in [1.807, 2.05) is 6.92 Å². The Labute approximate surface area is 80.6 Å². The van der Waals surface area contributed by atoms with Crippen molar-refractivity contribution >= 4 is 5.91 Å². The minimum atomic E-state index is -0.387. The first-order valence-electron chi connectivity index (χ1n) is 5.13. The quantitative estimate of drug-likeness (QED) is 0.589. The van der Waals surface area contributed by atoms with E-state index in [9.17, 15) is 4.79 Å². The number of unbranched alkanes of at least 4 members (excludes halogenated alkanes) is 3. The van der Waals surface area contributed by atoms with E-state index >= 15 is 0 Å². The van der Waals surface area contributed by atoms with Crippen molar-refractivity contribution in [3.63, 3.8) is 0 Å². The molecule has 0 aliphatic carbocycles. The summed E-state index contributed by atoms with van der Waals surface area (Å²) in [6.45, 7) is 4.72. The fraction of sp³-hybridized carbons (Fsp3) is 0.900. The third kappa shape index (κ3) is 6.58. The Bertz CT molecular complexity index is 137. The van der Waals surface area contributed by atoms with Gasteiger partial charge in [-0.3, -0.25) is 4.79 Å². The number of nitrogens with two attached hydrogens (primary N) is 1. The molecule has 0 aromatic heterocycles. The molecular weight excluding hydrogens is 166 g/mol. The van der Waals surface area contributed by atoms with Gasteiger partial charge in [0.15, 0.2) is 0 Å². The van der Waals surface area contributed by atoms with Gasteiger partial charge in [0.2, 0.25) is 5.91 Å². The lowest BCUT2D eigenvalue weighted by Gasteiger charge is -2.11. The molecule has 0 aliphatic rings. The van der Waals surface area contributed by atoms with Crippen molar-refractivity contribution in [2.75, 3.05) is 6.61 Å². The van der Waals surface area contributed by atoms with Crippen molar-refractivity contribution in [2.24, 2.45) is 5.73 Å². The number of rotatable bonds is 8. The molecule has 3 heteroatoms. The molecule has 3 nitrogen and oxygen atoms in total. The van der Waals surface area contributed by atoms with Crippen molar-refractivity contribution in [3.05, 3.63) is 0 Å². The highest BCUT2D eigenvalue weighted by Crippen LogP contribution is 2.02. The van der Waals surface area contributed by atoms with Gasteiger partial charge in [-0.05, 0) is 12.8 Å². The van der Waals surface area contributed by atoms with Gasteiger partial charge in [0.1, 0.15) is 6.10 Å². The van der Waals surface area contributed by atoms with Crippen molar-refractivity contribution in [2.45, 2.75) is 52.1 Å². The number of hydrogen-bond donors (Lipinski definition) is 1. The molecule has 1 amide bonds. The third-order valence-electron chi connectivity index (χ3n) is 2.01. The van der Waals surface area contributed by atoms with Crippen LogP contribution < -0.4 is 5.73 Å². The van der Waals surface area contributed by atoms with Gasteiger partial charge in [0.25, 0.3) is 0 Å². The second-order valence-corrected chi connectivity index (χ2v) is 3.23. The van der Waals surface area contributed by atoms with Crippen LogP contribution in [0, 0.1) is 0 Å². The fourth-order valence-corrected chi connectivity index (χ4v) is 1.16. The Hall–Kier alpha value is -0.570. The maximum Gasteiger partial charge on any atom is 0.246 e. The van der Waals surface area contributed by atoms with Crippen molar-refractivity contribution in [1.82, 2.24) is 0 Å². The number of amides is 1. The molecule has 2 N–H and O–H groups in total. The largest absolute Gasteiger partial charge is 0.368 e. The zero-order valence-electron chi connectivity index (χ0n) is 8.71. The summed E-state index contributed by atoms with van der Waals surface area (Å²) in [4.78, 5) is 10.7. The van der Waals surface area contributed by atoms with Gasteiger partial charge >= 0.3 is 0 Å². The van der Waals surface area contributed by atoms with E-state index in [4.69, 9.17) is 10.5 Å². The highest BCUT2D eigenvalue weighted by Gasteiger charge is 2.11. The second kappa shape index (κ2) is 8.05. The number of carbonyl (C=O) groups is 1. The molecule has 0 aliphatic heterocycles. The van der Waals surface area contributed by atoms with Crippen LogP contribution in [-0.4, -0.2) is 18.6 Å². The molecule has 0 fully saturated rings. The van der Waals surface area contributed by atoms with Crippen molar-refractivity contribution < 1.29 is 9.53 Å². The number of ether oxygens (including phenoxy) is 1. The van der Waals surface area contributed by atoms with Crippen LogP contribution >= 0.6 is 0 Å². The minimum absolute atomic E-state index is 0.349. The summed E-state index contributed by atoms with van der Waals surface area (Å²) < 4.78 is 5.32. The molecule has 0 aromatic rings. The van der Waals surface area contributed by atoms with Gasteiger partial charge in [-0.1, -0.05) is 33.1 Å². The van der Waals surface area contributed by atoms with E-state index in [0.717, 1.165) is 6.42 Å². The highest BCUT2D eigenvalue weighted by molar-refractivity contribution is 5.78. The van der Waals surface area contributed by atoms with Crippen LogP contribution in [0.3, 0.4) is 0 Å². The van der Waals surface area contributed by atoms with E-state index < -0.39 is 0 Å². The molecule has 1 atom stereocenters. The van der Waals surface area contributed by atoms with Crippen LogP contribution in [0.1, 0.15) is 46.0 Å². The van der Waals surface area contributed by atoms with Gasteiger partial charge in [-0.2, -0.15) is 0 Å². The number of primary amides is 1. The van der Waals surface area contributed by atoms with Gasteiger partial charge in [0, 0.05) is 6.61 Å². The van der Waals surface area contributed by atoms with E-state index in [1.165, 1.54) is 19.3 Å². The second-order valence-electron chi connectivity index (χ2n) is 3.23. The van der Waals surface area contributed by atoms with E-state index in [1.54, 1.807) is 0 Å². The van der Waals surface area contributed by atoms with Gasteiger partial charge in [0.05, 0.1) is 0 Å². The highest BCUT2D eigenvalue weighted by atomic mass is 16.5. The summed E-state index contributed by atoms with van der Waals surface area (Å²) >= 11 is 0. The lowest BCUT2D eigenvalue weighted by atomic mass is 10.2. The molecule has 0 saturated heterocycles. The molecule has 0 rings (SSSR count). The number of hydrogen-bond acceptors (Lipinski definition) is 2. The Morgan fingerprint density at radius 1 is 1.31 bits per heavy atom. The van der Waals surface area contributed by atoms with Crippen LogP contribution in [0.2, 0.25) is 0 Å². The topological polar surface area (TPSA) is 52.3 Å². The van der Waals surface area contributed by atoms with Crippen molar-refractivity contribution in [3.8, 4) is 0 Å². The third-order valence-corrected chi connectivity index (χ3v) is 2.01. The first kappa shape index (κ1) is 12.4. The Kier molecular flexibility index (Phi) is 7.69. The average molecular weight is 187 g/mol. The first-order valence-corrected chi connectivity index (χ1v) is 5.13. The molecule has 78 valence electrons. The molecule has 0 aromatic carbocycles. The summed E-state index contributed by atoms with van der Waals surface area (Å²) in [5.74, 6) is -0.349. The summed E-state index contributed by atoms with van der Waals surface area (Å²) in [7, 11) is 0. The lowest BCUT2D eigenvalue weighted by molar-refractivity contribution is -0.129. The standard InChI is InChI=1S/C10H21NO2/c1-3-5-6-7-8-13-9(4-2)10(11)12/h9H,3-8H2,1-2H3,(H2,11,12). The predicted octanol–water partition coefficient (Wildman–Crippen LogP) is 1.85. The van der Waals surface area contributed by atoms with E-state index in [-0.39, 0.29) is 12.0 Å². The molecule has 13 heavy (non-hydrogen) atoms. The summed E-state index contributed by atoms with van der Waals surface area (Å²) in [5, 5.41) is 0. The van der Waals surface area contributed by atoms with Crippen LogP contribution in [0.25, 0.3) is 0 Å². The molecule has 0 heterocycles. The molecule has 0 spiro atoms. The molecule has 0 radical (unpaired) electrons. The molecule has 0 bridgehead atoms. The molecule has 1 unspecified atom stereocenters. The van der Waals surface area contributed by atoms with Crippen LogP contribution in [0.4, 0.5) is 0 Å². The smallest absolute Gasteiger partial charge is 0.246 e. The van der Waals surface area contributed by atoms with E-state index in [2.05, 4.69) is 6.92 Å².